The first-order valence-corrected chi connectivity index (χ1v) is 8.29. The Labute approximate surface area is 146 Å². The first-order valence-electron chi connectivity index (χ1n) is 8.29. The Morgan fingerprint density at radius 1 is 1.16 bits per heavy atom. The molecular weight excluding hydrogens is 314 g/mol. The second-order valence-electron chi connectivity index (χ2n) is 5.98. The van der Waals surface area contributed by atoms with E-state index in [1.807, 2.05) is 38.1 Å². The largest absolute Gasteiger partial charge is 0.352 e. The highest BCUT2D eigenvalue weighted by Crippen LogP contribution is 2.18. The summed E-state index contributed by atoms with van der Waals surface area (Å²) in [5.41, 5.74) is 5.82. The average Bonchev–Trinajstić information content (AvgIpc) is 2.97. The molecule has 0 spiro atoms. The molecule has 0 saturated heterocycles. The van der Waals surface area contributed by atoms with Crippen molar-refractivity contribution in [3.05, 3.63) is 65.5 Å². The van der Waals surface area contributed by atoms with Crippen LogP contribution in [0.5, 0.6) is 0 Å². The second kappa shape index (κ2) is 7.70. The molecule has 0 aliphatic carbocycles. The van der Waals surface area contributed by atoms with E-state index in [1.54, 1.807) is 12.4 Å². The molecule has 2 aromatic heterocycles. The van der Waals surface area contributed by atoms with Gasteiger partial charge in [-0.2, -0.15) is 5.10 Å². The number of hydrogen-bond donors (Lipinski definition) is 2. The number of hydrogen-bond acceptors (Lipinski definition) is 4. The summed E-state index contributed by atoms with van der Waals surface area (Å²) in [4.78, 5) is 20.4. The molecule has 2 heterocycles. The number of aromatic amines is 1. The van der Waals surface area contributed by atoms with Gasteiger partial charge in [-0.05, 0) is 49.9 Å². The predicted molar refractivity (Wildman–Crippen MR) is 96.2 cm³/mol. The van der Waals surface area contributed by atoms with E-state index in [2.05, 4.69) is 25.5 Å². The lowest BCUT2D eigenvalue weighted by molar-refractivity contribution is 0.0953. The Kier molecular flexibility index (Phi) is 5.18. The first kappa shape index (κ1) is 16.8. The fraction of sp³-hybridized carbons (Fsp3) is 0.263. The van der Waals surface area contributed by atoms with E-state index < -0.39 is 0 Å². The van der Waals surface area contributed by atoms with Crippen molar-refractivity contribution in [2.75, 3.05) is 6.54 Å². The van der Waals surface area contributed by atoms with Crippen LogP contribution in [0.1, 0.15) is 33.7 Å². The van der Waals surface area contributed by atoms with Crippen molar-refractivity contribution in [1.82, 2.24) is 25.5 Å². The van der Waals surface area contributed by atoms with Crippen molar-refractivity contribution in [2.24, 2.45) is 0 Å². The molecule has 3 rings (SSSR count). The molecule has 0 bridgehead atoms. The van der Waals surface area contributed by atoms with Gasteiger partial charge in [0.1, 0.15) is 6.33 Å². The summed E-state index contributed by atoms with van der Waals surface area (Å²) in [6.45, 7) is 4.64. The fourth-order valence-electron chi connectivity index (χ4n) is 2.80. The van der Waals surface area contributed by atoms with Gasteiger partial charge in [0.15, 0.2) is 0 Å². The number of carbonyl (C=O) groups excluding carboxylic acids is 1. The smallest absolute Gasteiger partial charge is 0.251 e. The zero-order valence-corrected chi connectivity index (χ0v) is 14.4. The summed E-state index contributed by atoms with van der Waals surface area (Å²) in [6, 6.07) is 7.49. The standard InChI is InChI=1S/C19H21N5O/c1-13-18(14(2)24-23-13)7-4-8-22-19(25)16-6-3-5-15(9-16)17-10-20-12-21-11-17/h3,5-6,9-12H,4,7-8H2,1-2H3,(H,22,25)(H,23,24). The van der Waals surface area contributed by atoms with E-state index in [9.17, 15) is 4.79 Å². The molecule has 0 atom stereocenters. The zero-order valence-electron chi connectivity index (χ0n) is 14.4. The van der Waals surface area contributed by atoms with Crippen LogP contribution in [0.25, 0.3) is 11.1 Å². The molecule has 25 heavy (non-hydrogen) atoms. The molecular formula is C19H21N5O. The quantitative estimate of drug-likeness (QED) is 0.679. The van der Waals surface area contributed by atoms with E-state index >= 15 is 0 Å². The number of aromatic nitrogens is 4. The summed E-state index contributed by atoms with van der Waals surface area (Å²) in [5, 5.41) is 10.2. The van der Waals surface area contributed by atoms with Crippen LogP contribution in [-0.2, 0) is 6.42 Å². The number of benzene rings is 1. The van der Waals surface area contributed by atoms with Crippen molar-refractivity contribution < 1.29 is 4.79 Å². The molecule has 1 aromatic carbocycles. The molecule has 0 saturated carbocycles. The molecule has 128 valence electrons. The molecule has 0 radical (unpaired) electrons. The summed E-state index contributed by atoms with van der Waals surface area (Å²) >= 11 is 0. The maximum absolute atomic E-state index is 12.4. The van der Waals surface area contributed by atoms with E-state index in [-0.39, 0.29) is 5.91 Å². The van der Waals surface area contributed by atoms with Crippen molar-refractivity contribution in [3.63, 3.8) is 0 Å². The first-order chi connectivity index (χ1) is 12.1. The SMILES string of the molecule is Cc1n[nH]c(C)c1CCCNC(=O)c1cccc(-c2cncnc2)c1. The van der Waals surface area contributed by atoms with Crippen LogP contribution in [0.2, 0.25) is 0 Å². The number of aryl methyl sites for hydroxylation is 2. The maximum Gasteiger partial charge on any atom is 0.251 e. The van der Waals surface area contributed by atoms with Crippen LogP contribution in [0.3, 0.4) is 0 Å². The van der Waals surface area contributed by atoms with Gasteiger partial charge in [0.2, 0.25) is 0 Å². The van der Waals surface area contributed by atoms with Crippen molar-refractivity contribution >= 4 is 5.91 Å². The lowest BCUT2D eigenvalue weighted by Gasteiger charge is -2.07. The number of carbonyl (C=O) groups is 1. The molecule has 6 nitrogen and oxygen atoms in total. The molecule has 6 heteroatoms. The Morgan fingerprint density at radius 3 is 2.68 bits per heavy atom. The van der Waals surface area contributed by atoms with Gasteiger partial charge >= 0.3 is 0 Å². The normalized spacial score (nSPS) is 10.6. The van der Waals surface area contributed by atoms with Crippen molar-refractivity contribution in [2.45, 2.75) is 26.7 Å². The van der Waals surface area contributed by atoms with Crippen LogP contribution < -0.4 is 5.32 Å². The van der Waals surface area contributed by atoms with Crippen LogP contribution in [-0.4, -0.2) is 32.6 Å². The molecule has 0 fully saturated rings. The second-order valence-corrected chi connectivity index (χ2v) is 5.98. The Balaban J connectivity index is 1.57. The lowest BCUT2D eigenvalue weighted by Crippen LogP contribution is -2.24. The van der Waals surface area contributed by atoms with Gasteiger partial charge in [0.05, 0.1) is 5.69 Å². The van der Waals surface area contributed by atoms with Crippen molar-refractivity contribution in [1.29, 1.82) is 0 Å². The topological polar surface area (TPSA) is 83.6 Å². The number of nitrogens with one attached hydrogen (secondary N) is 2. The summed E-state index contributed by atoms with van der Waals surface area (Å²) in [5.74, 6) is -0.0701. The van der Waals surface area contributed by atoms with E-state index in [4.69, 9.17) is 0 Å². The molecule has 0 aliphatic heterocycles. The Hall–Kier alpha value is -3.02. The predicted octanol–water partition coefficient (Wildman–Crippen LogP) is 2.85. The summed E-state index contributed by atoms with van der Waals surface area (Å²) in [7, 11) is 0. The third-order valence-electron chi connectivity index (χ3n) is 4.19. The van der Waals surface area contributed by atoms with Gasteiger partial charge in [-0.3, -0.25) is 9.89 Å². The van der Waals surface area contributed by atoms with Gasteiger partial charge in [-0.25, -0.2) is 9.97 Å². The lowest BCUT2D eigenvalue weighted by atomic mass is 10.1. The van der Waals surface area contributed by atoms with Gasteiger partial charge in [-0.1, -0.05) is 12.1 Å². The van der Waals surface area contributed by atoms with E-state index in [0.717, 1.165) is 35.4 Å². The number of H-pyrrole nitrogens is 1. The summed E-state index contributed by atoms with van der Waals surface area (Å²) in [6.07, 6.45) is 6.73. The molecule has 0 aliphatic rings. The van der Waals surface area contributed by atoms with Crippen LogP contribution in [0.15, 0.2) is 43.0 Å². The maximum atomic E-state index is 12.4. The molecule has 2 N–H and O–H groups in total. The number of amides is 1. The van der Waals surface area contributed by atoms with Crippen LogP contribution in [0, 0.1) is 13.8 Å². The number of nitrogens with zero attached hydrogens (tertiary/aromatic N) is 3. The summed E-state index contributed by atoms with van der Waals surface area (Å²) < 4.78 is 0. The molecule has 3 aromatic rings. The highest BCUT2D eigenvalue weighted by Gasteiger charge is 2.09. The third-order valence-corrected chi connectivity index (χ3v) is 4.19. The van der Waals surface area contributed by atoms with Crippen molar-refractivity contribution in [3.8, 4) is 11.1 Å². The minimum Gasteiger partial charge on any atom is -0.352 e. The molecule has 1 amide bonds. The van der Waals surface area contributed by atoms with Gasteiger partial charge in [0.25, 0.3) is 5.91 Å². The van der Waals surface area contributed by atoms with Gasteiger partial charge < -0.3 is 5.32 Å². The average molecular weight is 335 g/mol. The minimum atomic E-state index is -0.0701. The minimum absolute atomic E-state index is 0.0701. The fourth-order valence-corrected chi connectivity index (χ4v) is 2.80. The highest BCUT2D eigenvalue weighted by molar-refractivity contribution is 5.95. The monoisotopic (exact) mass is 335 g/mol. The number of rotatable bonds is 6. The van der Waals surface area contributed by atoms with Gasteiger partial charge in [-0.15, -0.1) is 0 Å². The van der Waals surface area contributed by atoms with Gasteiger partial charge in [0, 0.05) is 35.8 Å². The van der Waals surface area contributed by atoms with E-state index in [1.165, 1.54) is 11.9 Å². The highest BCUT2D eigenvalue weighted by atomic mass is 16.1. The van der Waals surface area contributed by atoms with Crippen LogP contribution >= 0.6 is 0 Å². The Morgan fingerprint density at radius 2 is 1.96 bits per heavy atom. The van der Waals surface area contributed by atoms with E-state index in [0.29, 0.717) is 12.1 Å². The third kappa shape index (κ3) is 4.09. The van der Waals surface area contributed by atoms with Crippen LogP contribution in [0.4, 0.5) is 0 Å². The molecule has 0 unspecified atom stereocenters. The Bertz CT molecular complexity index is 838. The zero-order chi connectivity index (χ0) is 17.6.